The summed E-state index contributed by atoms with van der Waals surface area (Å²) in [6.45, 7) is -0.783. The molecule has 0 unspecified atom stereocenters. The first kappa shape index (κ1) is 14.0. The summed E-state index contributed by atoms with van der Waals surface area (Å²) in [5.74, 6) is -1.83. The highest BCUT2D eigenvalue weighted by Crippen LogP contribution is 2.30. The molecule has 1 aromatic rings. The molecule has 10 nitrogen and oxygen atoms in total. The molecule has 0 saturated carbocycles. The lowest BCUT2D eigenvalue weighted by molar-refractivity contribution is -0.141. The summed E-state index contributed by atoms with van der Waals surface area (Å²) < 4.78 is 11.0. The summed E-state index contributed by atoms with van der Waals surface area (Å²) in [5, 5.41) is 22.0. The summed E-state index contributed by atoms with van der Waals surface area (Å²) in [7, 11) is 0. The topological polar surface area (TPSA) is 150 Å². The molecule has 2 rings (SSSR count). The average Bonchev–Trinajstić information content (AvgIpc) is 3.02. The van der Waals surface area contributed by atoms with Crippen molar-refractivity contribution in [2.24, 2.45) is 5.73 Å². The van der Waals surface area contributed by atoms with Gasteiger partial charge in [-0.2, -0.15) is 0 Å². The number of primary amides is 1. The van der Waals surface area contributed by atoms with Crippen LogP contribution in [0.25, 0.3) is 0 Å². The molecule has 0 radical (unpaired) electrons. The van der Waals surface area contributed by atoms with Crippen LogP contribution in [0.1, 0.15) is 23.3 Å². The molecule has 1 saturated heterocycles. The average molecular weight is 284 g/mol. The first-order chi connectivity index (χ1) is 9.51. The number of nitrogens with zero attached hydrogens (tertiary/aromatic N) is 3. The van der Waals surface area contributed by atoms with E-state index in [9.17, 15) is 14.7 Å². The van der Waals surface area contributed by atoms with E-state index >= 15 is 0 Å². The summed E-state index contributed by atoms with van der Waals surface area (Å²) in [6.07, 6.45) is 0.566. The van der Waals surface area contributed by atoms with E-state index in [1.807, 2.05) is 0 Å². The van der Waals surface area contributed by atoms with E-state index in [1.54, 1.807) is 0 Å². The second-order valence-corrected chi connectivity index (χ2v) is 3.90. The number of amides is 1. The first-order valence-corrected chi connectivity index (χ1v) is 5.57. The molecule has 4 N–H and O–H groups in total. The molecule has 1 aliphatic rings. The zero-order valence-corrected chi connectivity index (χ0v) is 10.2. The van der Waals surface area contributed by atoms with Crippen LogP contribution in [0, 0.1) is 0 Å². The van der Waals surface area contributed by atoms with Gasteiger partial charge in [0.15, 0.2) is 12.0 Å². The summed E-state index contributed by atoms with van der Waals surface area (Å²) in [4.78, 5) is 25.3. The number of hydrogen-bond acceptors (Lipinski definition) is 8. The summed E-state index contributed by atoms with van der Waals surface area (Å²) >= 11 is 0. The van der Waals surface area contributed by atoms with Gasteiger partial charge in [0.05, 0.1) is 0 Å². The fourth-order valence-electron chi connectivity index (χ4n) is 1.55. The maximum absolute atomic E-state index is 10.9. The van der Waals surface area contributed by atoms with Crippen molar-refractivity contribution in [3.63, 3.8) is 0 Å². The standard InChI is InChI=1S/C10H12N4O6/c11-9(18)10-12-4-14(13-10)7-1-5(16)6(20-7)3-19-8(17)2-15/h3-5,7,15-16H,1-2H2,(H2,11,18)/t5-,7+/m0/s1. The zero-order valence-electron chi connectivity index (χ0n) is 10.2. The van der Waals surface area contributed by atoms with Crippen molar-refractivity contribution in [2.45, 2.75) is 18.8 Å². The molecular weight excluding hydrogens is 272 g/mol. The maximum Gasteiger partial charge on any atom is 0.336 e. The number of aliphatic hydroxyl groups is 2. The minimum Gasteiger partial charge on any atom is -0.467 e. The van der Waals surface area contributed by atoms with E-state index in [0.29, 0.717) is 0 Å². The molecule has 1 aliphatic heterocycles. The fourth-order valence-corrected chi connectivity index (χ4v) is 1.55. The molecule has 2 heterocycles. The molecule has 108 valence electrons. The Morgan fingerprint density at radius 2 is 2.40 bits per heavy atom. The van der Waals surface area contributed by atoms with Gasteiger partial charge in [-0.1, -0.05) is 0 Å². The third kappa shape index (κ3) is 2.92. The van der Waals surface area contributed by atoms with Crippen molar-refractivity contribution < 1.29 is 29.3 Å². The van der Waals surface area contributed by atoms with Gasteiger partial charge in [-0.3, -0.25) is 4.79 Å². The van der Waals surface area contributed by atoms with Gasteiger partial charge < -0.3 is 25.4 Å². The van der Waals surface area contributed by atoms with Crippen LogP contribution in [0.5, 0.6) is 0 Å². The molecule has 1 aromatic heterocycles. The predicted molar refractivity (Wildman–Crippen MR) is 60.5 cm³/mol. The van der Waals surface area contributed by atoms with Crippen molar-refractivity contribution in [1.29, 1.82) is 0 Å². The zero-order chi connectivity index (χ0) is 14.7. The number of carbonyl (C=O) groups is 2. The largest absolute Gasteiger partial charge is 0.467 e. The maximum atomic E-state index is 10.9. The molecule has 0 aromatic carbocycles. The molecule has 20 heavy (non-hydrogen) atoms. The normalized spacial score (nSPS) is 23.6. The fraction of sp³-hybridized carbons (Fsp3) is 0.400. The van der Waals surface area contributed by atoms with Gasteiger partial charge in [-0.05, 0) is 0 Å². The number of hydrogen-bond donors (Lipinski definition) is 3. The second kappa shape index (κ2) is 5.67. The van der Waals surface area contributed by atoms with E-state index in [2.05, 4.69) is 14.8 Å². The van der Waals surface area contributed by atoms with Gasteiger partial charge in [-0.15, -0.1) is 5.10 Å². The highest BCUT2D eigenvalue weighted by Gasteiger charge is 2.32. The van der Waals surface area contributed by atoms with Crippen molar-refractivity contribution in [1.82, 2.24) is 14.8 Å². The lowest BCUT2D eigenvalue weighted by Gasteiger charge is -2.09. The minimum absolute atomic E-state index is 0.00734. The van der Waals surface area contributed by atoms with E-state index < -0.39 is 30.8 Å². The summed E-state index contributed by atoms with van der Waals surface area (Å²) in [6, 6.07) is 0. The molecule has 10 heteroatoms. The van der Waals surface area contributed by atoms with E-state index in [0.717, 1.165) is 6.26 Å². The number of carbonyl (C=O) groups excluding carboxylic acids is 2. The van der Waals surface area contributed by atoms with Crippen LogP contribution in [0.3, 0.4) is 0 Å². The third-order valence-corrected chi connectivity index (χ3v) is 2.49. The number of ether oxygens (including phenoxy) is 2. The molecular formula is C10H12N4O6. The van der Waals surface area contributed by atoms with E-state index in [-0.39, 0.29) is 18.0 Å². The van der Waals surface area contributed by atoms with E-state index in [4.69, 9.17) is 15.6 Å². The van der Waals surface area contributed by atoms with Crippen LogP contribution in [0.4, 0.5) is 0 Å². The van der Waals surface area contributed by atoms with Gasteiger partial charge in [0.1, 0.15) is 25.3 Å². The SMILES string of the molecule is NC(=O)c1ncn([C@H]2C[C@H](O)C(=COC(=O)CO)O2)n1. The number of nitrogens with two attached hydrogens (primary N) is 1. The minimum atomic E-state index is -1.01. The van der Waals surface area contributed by atoms with Gasteiger partial charge in [-0.25, -0.2) is 14.5 Å². The number of aromatic nitrogens is 3. The number of rotatable bonds is 4. The molecule has 0 aliphatic carbocycles. The molecule has 1 fully saturated rings. The Bertz CT molecular complexity index is 554. The molecule has 0 bridgehead atoms. The quantitative estimate of drug-likeness (QED) is 0.425. The van der Waals surface area contributed by atoms with Gasteiger partial charge in [0.2, 0.25) is 5.82 Å². The van der Waals surface area contributed by atoms with Crippen molar-refractivity contribution in [3.05, 3.63) is 24.2 Å². The lowest BCUT2D eigenvalue weighted by atomic mass is 10.2. The smallest absolute Gasteiger partial charge is 0.336 e. The van der Waals surface area contributed by atoms with Gasteiger partial charge >= 0.3 is 5.97 Å². The first-order valence-electron chi connectivity index (χ1n) is 5.57. The second-order valence-electron chi connectivity index (χ2n) is 3.90. The lowest BCUT2D eigenvalue weighted by Crippen LogP contribution is -2.15. The van der Waals surface area contributed by atoms with Crippen LogP contribution < -0.4 is 5.73 Å². The predicted octanol–water partition coefficient (Wildman–Crippen LogP) is -1.97. The Kier molecular flexibility index (Phi) is 3.96. The monoisotopic (exact) mass is 284 g/mol. The van der Waals surface area contributed by atoms with Gasteiger partial charge in [0.25, 0.3) is 5.91 Å². The summed E-state index contributed by atoms with van der Waals surface area (Å²) in [5.41, 5.74) is 5.02. The van der Waals surface area contributed by atoms with Crippen LogP contribution >= 0.6 is 0 Å². The Morgan fingerprint density at radius 3 is 3.00 bits per heavy atom. The van der Waals surface area contributed by atoms with Crippen molar-refractivity contribution in [3.8, 4) is 0 Å². The number of esters is 1. The van der Waals surface area contributed by atoms with Crippen LogP contribution in [0.2, 0.25) is 0 Å². The van der Waals surface area contributed by atoms with Crippen molar-refractivity contribution in [2.75, 3.05) is 6.61 Å². The Hall–Kier alpha value is -2.46. The molecule has 0 spiro atoms. The highest BCUT2D eigenvalue weighted by atomic mass is 16.6. The van der Waals surface area contributed by atoms with Gasteiger partial charge in [0, 0.05) is 6.42 Å². The Labute approximate surface area is 112 Å². The number of aliphatic hydroxyl groups excluding tert-OH is 2. The van der Waals surface area contributed by atoms with E-state index in [1.165, 1.54) is 11.0 Å². The van der Waals surface area contributed by atoms with Crippen LogP contribution in [-0.4, -0.2) is 49.6 Å². The Morgan fingerprint density at radius 1 is 1.65 bits per heavy atom. The molecule has 2 atom stereocenters. The van der Waals surface area contributed by atoms with Crippen molar-refractivity contribution >= 4 is 11.9 Å². The molecule has 1 amide bonds. The Balaban J connectivity index is 2.05. The highest BCUT2D eigenvalue weighted by molar-refractivity contribution is 5.88. The van der Waals surface area contributed by atoms with Crippen LogP contribution in [0.15, 0.2) is 18.3 Å². The third-order valence-electron chi connectivity index (χ3n) is 2.49. The van der Waals surface area contributed by atoms with Crippen LogP contribution in [-0.2, 0) is 14.3 Å².